The molecule has 1 N–H and O–H groups in total. The van der Waals surface area contributed by atoms with Gasteiger partial charge in [0.2, 0.25) is 15.9 Å². The standard InChI is InChI=1S/C20H22F3N3O4S/c1-15-2-4-16(5-3-15)24-19(27)14-25-10-12-26(13-11-25)31(28,29)18-8-6-17(7-9-18)30-20(21,22)23/h2-9H,10-14H2,1H3,(H,24,27). The van der Waals surface area contributed by atoms with Gasteiger partial charge in [0.25, 0.3) is 0 Å². The van der Waals surface area contributed by atoms with E-state index in [1.165, 1.54) is 4.31 Å². The second-order valence-corrected chi connectivity index (χ2v) is 9.05. The number of nitrogens with zero attached hydrogens (tertiary/aromatic N) is 2. The van der Waals surface area contributed by atoms with Gasteiger partial charge in [-0.05, 0) is 43.3 Å². The number of anilines is 1. The minimum Gasteiger partial charge on any atom is -0.406 e. The van der Waals surface area contributed by atoms with Gasteiger partial charge >= 0.3 is 6.36 Å². The van der Waals surface area contributed by atoms with Crippen LogP contribution in [0.2, 0.25) is 0 Å². The third kappa shape index (κ3) is 6.42. The topological polar surface area (TPSA) is 79.0 Å². The third-order valence-corrected chi connectivity index (χ3v) is 6.64. The van der Waals surface area contributed by atoms with Crippen LogP contribution in [0.25, 0.3) is 0 Å². The predicted molar refractivity (Wildman–Crippen MR) is 108 cm³/mol. The summed E-state index contributed by atoms with van der Waals surface area (Å²) in [6, 6.07) is 11.5. The molecular weight excluding hydrogens is 435 g/mol. The molecule has 1 saturated heterocycles. The highest BCUT2D eigenvalue weighted by molar-refractivity contribution is 7.89. The van der Waals surface area contributed by atoms with Gasteiger partial charge in [-0.3, -0.25) is 9.69 Å². The number of benzene rings is 2. The molecule has 0 atom stereocenters. The van der Waals surface area contributed by atoms with Crippen molar-refractivity contribution in [1.29, 1.82) is 0 Å². The zero-order valence-corrected chi connectivity index (χ0v) is 17.5. The molecule has 0 aromatic heterocycles. The SMILES string of the molecule is Cc1ccc(NC(=O)CN2CCN(S(=O)(=O)c3ccc(OC(F)(F)F)cc3)CC2)cc1. The molecule has 0 radical (unpaired) electrons. The van der Waals surface area contributed by atoms with Crippen molar-refractivity contribution in [3.63, 3.8) is 0 Å². The van der Waals surface area contributed by atoms with Gasteiger partial charge in [0, 0.05) is 31.9 Å². The highest BCUT2D eigenvalue weighted by atomic mass is 32.2. The molecule has 1 fully saturated rings. The maximum absolute atomic E-state index is 12.7. The van der Waals surface area contributed by atoms with Crippen molar-refractivity contribution in [2.75, 3.05) is 38.0 Å². The summed E-state index contributed by atoms with van der Waals surface area (Å²) in [6.07, 6.45) is -4.84. The minimum absolute atomic E-state index is 0.118. The second kappa shape index (κ2) is 9.25. The van der Waals surface area contributed by atoms with E-state index in [9.17, 15) is 26.4 Å². The van der Waals surface area contributed by atoms with Gasteiger partial charge < -0.3 is 10.1 Å². The average molecular weight is 457 g/mol. The molecule has 3 rings (SSSR count). The molecule has 0 saturated carbocycles. The molecule has 7 nitrogen and oxygen atoms in total. The summed E-state index contributed by atoms with van der Waals surface area (Å²) in [5.74, 6) is -0.684. The Balaban J connectivity index is 1.53. The minimum atomic E-state index is -4.84. The Morgan fingerprint density at radius 3 is 2.13 bits per heavy atom. The number of hydrogen-bond donors (Lipinski definition) is 1. The number of piperazine rings is 1. The number of sulfonamides is 1. The maximum atomic E-state index is 12.7. The van der Waals surface area contributed by atoms with Crippen LogP contribution in [-0.2, 0) is 14.8 Å². The monoisotopic (exact) mass is 457 g/mol. The lowest BCUT2D eigenvalue weighted by Gasteiger charge is -2.33. The lowest BCUT2D eigenvalue weighted by molar-refractivity contribution is -0.274. The fourth-order valence-corrected chi connectivity index (χ4v) is 4.55. The Morgan fingerprint density at radius 2 is 1.58 bits per heavy atom. The first kappa shape index (κ1) is 23.0. The number of halogens is 3. The number of nitrogens with one attached hydrogen (secondary N) is 1. The molecule has 0 aliphatic carbocycles. The number of carbonyl (C=O) groups is 1. The van der Waals surface area contributed by atoms with E-state index >= 15 is 0 Å². The molecule has 0 bridgehead atoms. The van der Waals surface area contributed by atoms with E-state index in [0.717, 1.165) is 29.8 Å². The van der Waals surface area contributed by atoms with Crippen LogP contribution in [0.1, 0.15) is 5.56 Å². The fourth-order valence-electron chi connectivity index (χ4n) is 3.13. The summed E-state index contributed by atoms with van der Waals surface area (Å²) in [6.45, 7) is 3.13. The van der Waals surface area contributed by atoms with Crippen LogP contribution in [-0.4, -0.2) is 62.6 Å². The van der Waals surface area contributed by atoms with Crippen LogP contribution >= 0.6 is 0 Å². The smallest absolute Gasteiger partial charge is 0.406 e. The van der Waals surface area contributed by atoms with Crippen LogP contribution in [0.3, 0.4) is 0 Å². The number of hydrogen-bond acceptors (Lipinski definition) is 5. The first-order chi connectivity index (χ1) is 14.5. The lowest BCUT2D eigenvalue weighted by atomic mass is 10.2. The predicted octanol–water partition coefficient (Wildman–Crippen LogP) is 2.84. The summed E-state index contributed by atoms with van der Waals surface area (Å²) in [7, 11) is -3.86. The molecule has 2 aromatic rings. The zero-order valence-electron chi connectivity index (χ0n) is 16.7. The molecule has 0 spiro atoms. The molecule has 11 heteroatoms. The van der Waals surface area contributed by atoms with E-state index < -0.39 is 22.1 Å². The van der Waals surface area contributed by atoms with Crippen molar-refractivity contribution in [3.8, 4) is 5.75 Å². The van der Waals surface area contributed by atoms with E-state index in [1.54, 1.807) is 0 Å². The number of ether oxygens (including phenoxy) is 1. The van der Waals surface area contributed by atoms with E-state index in [-0.39, 0.29) is 30.4 Å². The fraction of sp³-hybridized carbons (Fsp3) is 0.350. The van der Waals surface area contributed by atoms with Crippen molar-refractivity contribution in [2.45, 2.75) is 18.2 Å². The largest absolute Gasteiger partial charge is 0.573 e. The first-order valence-electron chi connectivity index (χ1n) is 9.48. The van der Waals surface area contributed by atoms with Crippen molar-refractivity contribution in [2.24, 2.45) is 0 Å². The Labute approximate surface area is 178 Å². The summed E-state index contributed by atoms with van der Waals surface area (Å²) in [5.41, 5.74) is 1.77. The van der Waals surface area contributed by atoms with Crippen LogP contribution in [0.5, 0.6) is 5.75 Å². The molecule has 0 unspecified atom stereocenters. The van der Waals surface area contributed by atoms with Crippen LogP contribution in [0.4, 0.5) is 18.9 Å². The Bertz CT molecular complexity index is 1000. The van der Waals surface area contributed by atoms with Gasteiger partial charge in [0.15, 0.2) is 0 Å². The number of rotatable bonds is 6. The van der Waals surface area contributed by atoms with Gasteiger partial charge in [-0.2, -0.15) is 4.31 Å². The van der Waals surface area contributed by atoms with Gasteiger partial charge in [0.05, 0.1) is 11.4 Å². The van der Waals surface area contributed by atoms with E-state index in [4.69, 9.17) is 0 Å². The number of amides is 1. The molecular formula is C20H22F3N3O4S. The molecule has 31 heavy (non-hydrogen) atoms. The van der Waals surface area contributed by atoms with Gasteiger partial charge in [-0.15, -0.1) is 13.2 Å². The maximum Gasteiger partial charge on any atom is 0.573 e. The highest BCUT2D eigenvalue weighted by Crippen LogP contribution is 2.25. The molecule has 1 aliphatic heterocycles. The van der Waals surface area contributed by atoms with Crippen LogP contribution < -0.4 is 10.1 Å². The lowest BCUT2D eigenvalue weighted by Crippen LogP contribution is -2.50. The normalized spacial score (nSPS) is 16.1. The Morgan fingerprint density at radius 1 is 1.00 bits per heavy atom. The quantitative estimate of drug-likeness (QED) is 0.722. The second-order valence-electron chi connectivity index (χ2n) is 7.11. The van der Waals surface area contributed by atoms with Crippen molar-refractivity contribution < 1.29 is 31.1 Å². The molecule has 168 valence electrons. The summed E-state index contributed by atoms with van der Waals surface area (Å²) in [4.78, 5) is 13.9. The van der Waals surface area contributed by atoms with E-state index in [2.05, 4.69) is 10.1 Å². The Hall–Kier alpha value is -2.63. The summed E-state index contributed by atoms with van der Waals surface area (Å²) in [5, 5.41) is 2.80. The highest BCUT2D eigenvalue weighted by Gasteiger charge is 2.32. The first-order valence-corrected chi connectivity index (χ1v) is 10.9. The summed E-state index contributed by atoms with van der Waals surface area (Å²) >= 11 is 0. The van der Waals surface area contributed by atoms with Crippen LogP contribution in [0.15, 0.2) is 53.4 Å². The third-order valence-electron chi connectivity index (χ3n) is 4.73. The zero-order chi connectivity index (χ0) is 22.6. The van der Waals surface area contributed by atoms with Gasteiger partial charge in [0.1, 0.15) is 5.75 Å². The number of alkyl halides is 3. The summed E-state index contributed by atoms with van der Waals surface area (Å²) < 4.78 is 67.3. The molecule has 1 heterocycles. The van der Waals surface area contributed by atoms with Crippen molar-refractivity contribution >= 4 is 21.6 Å². The van der Waals surface area contributed by atoms with Crippen LogP contribution in [0, 0.1) is 6.92 Å². The van der Waals surface area contributed by atoms with E-state index in [0.29, 0.717) is 18.8 Å². The van der Waals surface area contributed by atoms with Gasteiger partial charge in [-0.1, -0.05) is 17.7 Å². The average Bonchev–Trinajstić information content (AvgIpc) is 2.69. The number of carbonyl (C=O) groups excluding carboxylic acids is 1. The van der Waals surface area contributed by atoms with Gasteiger partial charge in [-0.25, -0.2) is 8.42 Å². The molecule has 1 amide bonds. The number of aryl methyl sites for hydroxylation is 1. The van der Waals surface area contributed by atoms with E-state index in [1.807, 2.05) is 36.1 Å². The molecule has 1 aliphatic rings. The van der Waals surface area contributed by atoms with Crippen molar-refractivity contribution in [1.82, 2.24) is 9.21 Å². The molecule has 2 aromatic carbocycles. The Kier molecular flexibility index (Phi) is 6.87. The van der Waals surface area contributed by atoms with Crippen molar-refractivity contribution in [3.05, 3.63) is 54.1 Å².